The highest BCUT2D eigenvalue weighted by atomic mass is 16.7. The van der Waals surface area contributed by atoms with Gasteiger partial charge in [0.15, 0.2) is 5.79 Å². The van der Waals surface area contributed by atoms with E-state index in [-0.39, 0.29) is 11.7 Å². The highest BCUT2D eigenvalue weighted by Crippen LogP contribution is 2.31. The summed E-state index contributed by atoms with van der Waals surface area (Å²) in [4.78, 5) is 19.4. The molecule has 3 fully saturated rings. The Bertz CT molecular complexity index is 642. The van der Waals surface area contributed by atoms with Crippen LogP contribution in [0.5, 0.6) is 0 Å². The zero-order chi connectivity index (χ0) is 19.4. The Kier molecular flexibility index (Phi) is 6.16. The van der Waals surface area contributed by atoms with Crippen LogP contribution in [0.1, 0.15) is 19.3 Å². The Balaban J connectivity index is 1.19. The fourth-order valence-corrected chi connectivity index (χ4v) is 4.21. The van der Waals surface area contributed by atoms with Crippen molar-refractivity contribution in [2.75, 3.05) is 76.3 Å². The van der Waals surface area contributed by atoms with Gasteiger partial charge in [-0.2, -0.15) is 0 Å². The van der Waals surface area contributed by atoms with E-state index in [0.717, 1.165) is 64.3 Å². The van der Waals surface area contributed by atoms with Crippen LogP contribution in [0, 0.1) is 0 Å². The quantitative estimate of drug-likeness (QED) is 0.827. The Morgan fingerprint density at radius 2 is 1.64 bits per heavy atom. The van der Waals surface area contributed by atoms with Gasteiger partial charge in [0.2, 0.25) is 5.91 Å². The second-order valence-corrected chi connectivity index (χ2v) is 8.08. The summed E-state index contributed by atoms with van der Waals surface area (Å²) < 4.78 is 11.5. The van der Waals surface area contributed by atoms with E-state index in [0.29, 0.717) is 19.6 Å². The summed E-state index contributed by atoms with van der Waals surface area (Å²) in [5.41, 5.74) is 2.10. The molecule has 3 heterocycles. The summed E-state index contributed by atoms with van der Waals surface area (Å²) in [5.74, 6) is -0.273. The third kappa shape index (κ3) is 4.84. The van der Waals surface area contributed by atoms with E-state index < -0.39 is 0 Å². The van der Waals surface area contributed by atoms with Gasteiger partial charge in [-0.15, -0.1) is 0 Å². The molecule has 0 aliphatic carbocycles. The number of carbonyl (C=O) groups excluding carboxylic acids is 1. The van der Waals surface area contributed by atoms with Crippen molar-refractivity contribution in [2.45, 2.75) is 25.0 Å². The maximum Gasteiger partial charge on any atom is 0.225 e. The van der Waals surface area contributed by atoms with Gasteiger partial charge in [-0.25, -0.2) is 0 Å². The maximum atomic E-state index is 12.3. The molecule has 4 rings (SSSR count). The number of nitrogens with one attached hydrogen (secondary N) is 1. The lowest BCUT2D eigenvalue weighted by Gasteiger charge is -2.37. The average Bonchev–Trinajstić information content (AvgIpc) is 3.17. The van der Waals surface area contributed by atoms with Gasteiger partial charge in [0, 0.05) is 76.5 Å². The monoisotopic (exact) mass is 388 g/mol. The van der Waals surface area contributed by atoms with Gasteiger partial charge in [0.1, 0.15) is 0 Å². The molecule has 0 bridgehead atoms. The first-order valence-electron chi connectivity index (χ1n) is 10.5. The minimum absolute atomic E-state index is 0.0704. The first-order valence-corrected chi connectivity index (χ1v) is 10.5. The van der Waals surface area contributed by atoms with Crippen LogP contribution in [0.4, 0.5) is 11.4 Å². The number of likely N-dealkylation sites (tertiary alicyclic amines) is 1. The number of rotatable bonds is 5. The number of hydrogen-bond donors (Lipinski definition) is 1. The summed E-state index contributed by atoms with van der Waals surface area (Å²) in [6.07, 6.45) is 2.29. The van der Waals surface area contributed by atoms with E-state index in [1.54, 1.807) is 0 Å². The zero-order valence-corrected chi connectivity index (χ0v) is 16.9. The van der Waals surface area contributed by atoms with Crippen molar-refractivity contribution in [2.24, 2.45) is 0 Å². The Labute approximate surface area is 167 Å². The lowest BCUT2D eigenvalue weighted by atomic mass is 10.0. The lowest BCUT2D eigenvalue weighted by molar-refractivity contribution is -0.185. The van der Waals surface area contributed by atoms with Gasteiger partial charge in [-0.1, -0.05) is 0 Å². The molecule has 7 heteroatoms. The average molecular weight is 389 g/mol. The van der Waals surface area contributed by atoms with E-state index in [1.165, 1.54) is 5.69 Å². The molecule has 0 saturated carbocycles. The number of anilines is 2. The highest BCUT2D eigenvalue weighted by molar-refractivity contribution is 5.91. The third-order valence-electron chi connectivity index (χ3n) is 6.11. The Morgan fingerprint density at radius 3 is 2.29 bits per heavy atom. The van der Waals surface area contributed by atoms with E-state index in [4.69, 9.17) is 9.47 Å². The minimum Gasteiger partial charge on any atom is -0.369 e. The second-order valence-electron chi connectivity index (χ2n) is 8.08. The predicted molar refractivity (Wildman–Crippen MR) is 110 cm³/mol. The number of piperidine rings is 1. The number of likely N-dealkylation sites (N-methyl/N-ethyl adjacent to an activating group) is 1. The van der Waals surface area contributed by atoms with Crippen LogP contribution in [-0.2, 0) is 14.3 Å². The molecule has 1 spiro atoms. The van der Waals surface area contributed by atoms with E-state index >= 15 is 0 Å². The molecule has 1 aromatic carbocycles. The van der Waals surface area contributed by atoms with Crippen LogP contribution in [-0.4, -0.2) is 87.6 Å². The number of hydrogen-bond acceptors (Lipinski definition) is 6. The fraction of sp³-hybridized carbons (Fsp3) is 0.667. The summed E-state index contributed by atoms with van der Waals surface area (Å²) in [6.45, 7) is 8.32. The van der Waals surface area contributed by atoms with Crippen molar-refractivity contribution in [1.82, 2.24) is 9.80 Å². The molecule has 1 amide bonds. The normalized spacial score (nSPS) is 23.2. The molecule has 154 valence electrons. The van der Waals surface area contributed by atoms with Gasteiger partial charge in [-0.05, 0) is 31.3 Å². The molecule has 0 unspecified atom stereocenters. The van der Waals surface area contributed by atoms with Gasteiger partial charge in [-0.3, -0.25) is 4.79 Å². The number of amides is 1. The first-order chi connectivity index (χ1) is 13.6. The van der Waals surface area contributed by atoms with Crippen molar-refractivity contribution in [3.8, 4) is 0 Å². The number of benzene rings is 1. The molecule has 3 aliphatic rings. The second kappa shape index (κ2) is 8.78. The van der Waals surface area contributed by atoms with Crippen molar-refractivity contribution in [3.05, 3.63) is 24.3 Å². The number of carbonyl (C=O) groups is 1. The molecule has 0 atom stereocenters. The summed E-state index contributed by atoms with van der Waals surface area (Å²) >= 11 is 0. The third-order valence-corrected chi connectivity index (χ3v) is 6.11. The van der Waals surface area contributed by atoms with Crippen molar-refractivity contribution >= 4 is 17.3 Å². The largest absolute Gasteiger partial charge is 0.369 e. The fourth-order valence-electron chi connectivity index (χ4n) is 4.21. The number of ether oxygens (including phenoxy) is 2. The highest BCUT2D eigenvalue weighted by Gasteiger charge is 2.39. The smallest absolute Gasteiger partial charge is 0.225 e. The Morgan fingerprint density at radius 1 is 1.00 bits per heavy atom. The predicted octanol–water partition coefficient (Wildman–Crippen LogP) is 1.61. The molecule has 28 heavy (non-hydrogen) atoms. The van der Waals surface area contributed by atoms with E-state index in [1.807, 2.05) is 12.1 Å². The minimum atomic E-state index is -0.343. The Hall–Kier alpha value is -1.67. The summed E-state index contributed by atoms with van der Waals surface area (Å²) in [6, 6.07) is 8.22. The van der Waals surface area contributed by atoms with Gasteiger partial charge >= 0.3 is 0 Å². The maximum absolute atomic E-state index is 12.3. The molecule has 1 aromatic rings. The van der Waals surface area contributed by atoms with Gasteiger partial charge in [0.25, 0.3) is 0 Å². The van der Waals surface area contributed by atoms with Crippen LogP contribution in [0.15, 0.2) is 24.3 Å². The lowest BCUT2D eigenvalue weighted by Crippen LogP contribution is -2.45. The van der Waals surface area contributed by atoms with Crippen LogP contribution in [0.3, 0.4) is 0 Å². The summed E-state index contributed by atoms with van der Waals surface area (Å²) in [7, 11) is 2.16. The number of nitrogens with zero attached hydrogens (tertiary/aromatic N) is 3. The standard InChI is InChI=1S/C21H32N4O3/c1-23-12-14-25(15-13-23)19-4-2-18(3-5-19)22-20(26)6-9-24-10-7-21(8-11-24)27-16-17-28-21/h2-5H,6-17H2,1H3,(H,22,26). The van der Waals surface area contributed by atoms with E-state index in [9.17, 15) is 4.79 Å². The SMILES string of the molecule is CN1CCN(c2ccc(NC(=O)CCN3CCC4(CC3)OCCO4)cc2)CC1. The molecule has 3 saturated heterocycles. The first kappa shape index (κ1) is 19.6. The topological polar surface area (TPSA) is 57.3 Å². The molecule has 1 N–H and O–H groups in total. The molecule has 0 radical (unpaired) electrons. The van der Waals surface area contributed by atoms with Gasteiger partial charge < -0.3 is 29.5 Å². The van der Waals surface area contributed by atoms with Crippen molar-refractivity contribution in [1.29, 1.82) is 0 Å². The van der Waals surface area contributed by atoms with Crippen LogP contribution in [0.25, 0.3) is 0 Å². The van der Waals surface area contributed by atoms with Crippen LogP contribution in [0.2, 0.25) is 0 Å². The number of piperazine rings is 1. The zero-order valence-electron chi connectivity index (χ0n) is 16.9. The van der Waals surface area contributed by atoms with Crippen LogP contribution < -0.4 is 10.2 Å². The molecular formula is C21H32N4O3. The van der Waals surface area contributed by atoms with Crippen molar-refractivity contribution < 1.29 is 14.3 Å². The van der Waals surface area contributed by atoms with Gasteiger partial charge in [0.05, 0.1) is 13.2 Å². The molecular weight excluding hydrogens is 356 g/mol. The van der Waals surface area contributed by atoms with Crippen molar-refractivity contribution in [3.63, 3.8) is 0 Å². The van der Waals surface area contributed by atoms with Crippen LogP contribution >= 0.6 is 0 Å². The molecule has 0 aromatic heterocycles. The summed E-state index contributed by atoms with van der Waals surface area (Å²) in [5, 5.41) is 3.03. The van der Waals surface area contributed by atoms with E-state index in [2.05, 4.69) is 39.2 Å². The molecule has 3 aliphatic heterocycles. The molecule has 7 nitrogen and oxygen atoms in total.